The highest BCUT2D eigenvalue weighted by molar-refractivity contribution is 9.11. The van der Waals surface area contributed by atoms with Gasteiger partial charge in [-0.1, -0.05) is 18.2 Å². The van der Waals surface area contributed by atoms with Gasteiger partial charge < -0.3 is 5.73 Å². The molecule has 2 N–H and O–H groups in total. The summed E-state index contributed by atoms with van der Waals surface area (Å²) in [5, 5.41) is 3.20. The van der Waals surface area contributed by atoms with Crippen molar-refractivity contribution in [3.05, 3.63) is 67.7 Å². The van der Waals surface area contributed by atoms with Gasteiger partial charge in [0.05, 0.1) is 10.5 Å². The molecule has 1 heterocycles. The highest BCUT2D eigenvalue weighted by Crippen LogP contribution is 2.36. The number of nitrogens with two attached hydrogens (primary N) is 1. The molecule has 0 saturated heterocycles. The Balaban J connectivity index is 2.10. The molecule has 1 atom stereocenters. The molecule has 1 aromatic heterocycles. The van der Waals surface area contributed by atoms with Crippen molar-refractivity contribution in [1.29, 1.82) is 0 Å². The topological polar surface area (TPSA) is 26.0 Å². The number of halogens is 3. The summed E-state index contributed by atoms with van der Waals surface area (Å²) in [6.07, 6.45) is 0. The van der Waals surface area contributed by atoms with E-state index in [0.717, 1.165) is 21.0 Å². The Labute approximate surface area is 136 Å². The fraction of sp³-hybridized carbons (Fsp3) is 0.0667. The molecule has 0 saturated carbocycles. The van der Waals surface area contributed by atoms with Crippen LogP contribution in [0.25, 0.3) is 10.1 Å². The minimum atomic E-state index is -0.279. The van der Waals surface area contributed by atoms with Crippen LogP contribution < -0.4 is 5.73 Å². The van der Waals surface area contributed by atoms with Crippen LogP contribution in [-0.2, 0) is 0 Å². The van der Waals surface area contributed by atoms with Crippen molar-refractivity contribution in [3.8, 4) is 0 Å². The van der Waals surface area contributed by atoms with E-state index < -0.39 is 0 Å². The lowest BCUT2D eigenvalue weighted by Gasteiger charge is -2.12. The highest BCUT2D eigenvalue weighted by Gasteiger charge is 2.16. The summed E-state index contributed by atoms with van der Waals surface area (Å²) < 4.78 is 16.0. The molecular formula is C15H10Br2FNS. The van der Waals surface area contributed by atoms with Crippen molar-refractivity contribution in [3.63, 3.8) is 0 Å². The molecule has 0 bridgehead atoms. The van der Waals surface area contributed by atoms with E-state index in [2.05, 4.69) is 43.3 Å². The lowest BCUT2D eigenvalue weighted by atomic mass is 9.99. The Morgan fingerprint density at radius 1 is 1.10 bits per heavy atom. The Morgan fingerprint density at radius 3 is 2.65 bits per heavy atom. The van der Waals surface area contributed by atoms with Crippen molar-refractivity contribution < 1.29 is 4.39 Å². The minimum Gasteiger partial charge on any atom is -0.320 e. The minimum absolute atomic E-state index is 0.269. The SMILES string of the molecule is NC(c1ccc(F)c(Br)c1)c1csc2c(Br)cccc12. The molecule has 1 nitrogen and oxygen atoms in total. The summed E-state index contributed by atoms with van der Waals surface area (Å²) in [6, 6.07) is 10.7. The largest absolute Gasteiger partial charge is 0.320 e. The number of benzene rings is 2. The van der Waals surface area contributed by atoms with Crippen LogP contribution in [0.3, 0.4) is 0 Å². The smallest absolute Gasteiger partial charge is 0.137 e. The van der Waals surface area contributed by atoms with Gasteiger partial charge in [0.15, 0.2) is 0 Å². The molecule has 2 aromatic carbocycles. The highest BCUT2D eigenvalue weighted by atomic mass is 79.9. The monoisotopic (exact) mass is 413 g/mol. The van der Waals surface area contributed by atoms with Crippen LogP contribution in [0.5, 0.6) is 0 Å². The number of rotatable bonds is 2. The van der Waals surface area contributed by atoms with E-state index in [1.54, 1.807) is 23.5 Å². The average Bonchev–Trinajstić information content (AvgIpc) is 2.86. The summed E-state index contributed by atoms with van der Waals surface area (Å²) in [5.41, 5.74) is 8.29. The molecular weight excluding hydrogens is 405 g/mol. The summed E-state index contributed by atoms with van der Waals surface area (Å²) >= 11 is 8.41. The summed E-state index contributed by atoms with van der Waals surface area (Å²) in [4.78, 5) is 0. The summed E-state index contributed by atoms with van der Waals surface area (Å²) in [7, 11) is 0. The van der Waals surface area contributed by atoms with Crippen LogP contribution in [0.4, 0.5) is 4.39 Å². The van der Waals surface area contributed by atoms with Crippen molar-refractivity contribution >= 4 is 53.3 Å². The van der Waals surface area contributed by atoms with Crippen molar-refractivity contribution in [2.24, 2.45) is 5.73 Å². The second kappa shape index (κ2) is 5.56. The molecule has 0 fully saturated rings. The average molecular weight is 415 g/mol. The Hall–Kier alpha value is -0.750. The van der Waals surface area contributed by atoms with E-state index in [-0.39, 0.29) is 11.9 Å². The fourth-order valence-corrected chi connectivity index (χ4v) is 4.22. The number of fused-ring (bicyclic) bond motifs is 1. The van der Waals surface area contributed by atoms with Gasteiger partial charge in [-0.25, -0.2) is 4.39 Å². The molecule has 3 rings (SSSR count). The molecule has 0 aliphatic rings. The zero-order valence-corrected chi connectivity index (χ0v) is 14.2. The molecule has 102 valence electrons. The second-order valence-corrected chi connectivity index (χ2v) is 7.05. The number of hydrogen-bond donors (Lipinski definition) is 1. The zero-order valence-electron chi connectivity index (χ0n) is 10.2. The van der Waals surface area contributed by atoms with Gasteiger partial charge in [0.1, 0.15) is 5.82 Å². The van der Waals surface area contributed by atoms with Gasteiger partial charge in [-0.15, -0.1) is 11.3 Å². The zero-order chi connectivity index (χ0) is 14.3. The lowest BCUT2D eigenvalue weighted by molar-refractivity contribution is 0.619. The Morgan fingerprint density at radius 2 is 1.90 bits per heavy atom. The van der Waals surface area contributed by atoms with Crippen LogP contribution in [0.15, 0.2) is 50.7 Å². The Bertz CT molecular complexity index is 785. The maximum absolute atomic E-state index is 13.3. The third-order valence-corrected chi connectivity index (χ3v) is 5.80. The maximum Gasteiger partial charge on any atom is 0.137 e. The van der Waals surface area contributed by atoms with Crippen molar-refractivity contribution in [2.45, 2.75) is 6.04 Å². The normalized spacial score (nSPS) is 12.8. The molecule has 0 aliphatic heterocycles. The standard InChI is InChI=1S/C15H10Br2FNS/c16-11-3-1-2-9-10(7-20-15(9)11)14(19)8-4-5-13(18)12(17)6-8/h1-7,14H,19H2. The van der Waals surface area contributed by atoms with Gasteiger partial charge >= 0.3 is 0 Å². The quantitative estimate of drug-likeness (QED) is 0.579. The maximum atomic E-state index is 13.3. The van der Waals surface area contributed by atoms with E-state index in [4.69, 9.17) is 5.73 Å². The first-order valence-corrected chi connectivity index (χ1v) is 8.40. The van der Waals surface area contributed by atoms with Gasteiger partial charge in [0, 0.05) is 9.17 Å². The summed E-state index contributed by atoms with van der Waals surface area (Å²) in [6.45, 7) is 0. The first-order valence-electron chi connectivity index (χ1n) is 5.94. The predicted octanol–water partition coefficient (Wildman–Crippen LogP) is 5.61. The van der Waals surface area contributed by atoms with Crippen LogP contribution in [-0.4, -0.2) is 0 Å². The van der Waals surface area contributed by atoms with Crippen LogP contribution in [0.2, 0.25) is 0 Å². The predicted molar refractivity (Wildman–Crippen MR) is 89.7 cm³/mol. The molecule has 0 aliphatic carbocycles. The van der Waals surface area contributed by atoms with Gasteiger partial charge in [0.25, 0.3) is 0 Å². The lowest BCUT2D eigenvalue weighted by Crippen LogP contribution is -2.11. The van der Waals surface area contributed by atoms with Gasteiger partial charge in [0.2, 0.25) is 0 Å². The van der Waals surface area contributed by atoms with Gasteiger partial charge in [-0.2, -0.15) is 0 Å². The van der Waals surface area contributed by atoms with E-state index >= 15 is 0 Å². The van der Waals surface area contributed by atoms with Gasteiger partial charge in [-0.05, 0) is 72.0 Å². The van der Waals surface area contributed by atoms with E-state index in [1.165, 1.54) is 10.8 Å². The van der Waals surface area contributed by atoms with Crippen LogP contribution in [0.1, 0.15) is 17.2 Å². The molecule has 0 spiro atoms. The van der Waals surface area contributed by atoms with E-state index in [1.807, 2.05) is 12.1 Å². The molecule has 5 heteroatoms. The Kier molecular flexibility index (Phi) is 3.95. The molecule has 3 aromatic rings. The van der Waals surface area contributed by atoms with Crippen LogP contribution >= 0.6 is 43.2 Å². The molecule has 20 heavy (non-hydrogen) atoms. The third kappa shape index (κ3) is 2.44. The first-order chi connectivity index (χ1) is 9.58. The van der Waals surface area contributed by atoms with E-state index in [9.17, 15) is 4.39 Å². The number of thiophene rings is 1. The van der Waals surface area contributed by atoms with Crippen LogP contribution in [0, 0.1) is 5.82 Å². The second-order valence-electron chi connectivity index (χ2n) is 4.46. The molecule has 1 unspecified atom stereocenters. The van der Waals surface area contributed by atoms with Gasteiger partial charge in [-0.3, -0.25) is 0 Å². The molecule has 0 amide bonds. The van der Waals surface area contributed by atoms with Crippen molar-refractivity contribution in [2.75, 3.05) is 0 Å². The summed E-state index contributed by atoms with van der Waals surface area (Å²) in [5.74, 6) is -0.279. The third-order valence-electron chi connectivity index (χ3n) is 3.22. The first kappa shape index (κ1) is 14.2. The van der Waals surface area contributed by atoms with Crippen molar-refractivity contribution in [1.82, 2.24) is 0 Å². The number of hydrogen-bond acceptors (Lipinski definition) is 2. The van der Waals surface area contributed by atoms with E-state index in [0.29, 0.717) is 4.47 Å². The molecule has 0 radical (unpaired) electrons. The fourth-order valence-electron chi connectivity index (χ4n) is 2.17.